The quantitative estimate of drug-likeness (QED) is 0.844. The molecule has 0 saturated carbocycles. The van der Waals surface area contributed by atoms with Crippen LogP contribution in [0.15, 0.2) is 11.4 Å². The van der Waals surface area contributed by atoms with E-state index in [0.717, 1.165) is 31.6 Å². The Hall–Kier alpha value is -0.860. The third kappa shape index (κ3) is 3.56. The van der Waals surface area contributed by atoms with Gasteiger partial charge in [-0.3, -0.25) is 4.90 Å². The number of rotatable bonds is 3. The van der Waals surface area contributed by atoms with Crippen molar-refractivity contribution < 1.29 is 9.84 Å². The summed E-state index contributed by atoms with van der Waals surface area (Å²) in [5.74, 6) is 5.73. The highest BCUT2D eigenvalue weighted by atomic mass is 32.1. The predicted molar refractivity (Wildman–Crippen MR) is 73.6 cm³/mol. The molecule has 2 rings (SSSR count). The molecule has 98 valence electrons. The molecule has 1 aliphatic rings. The van der Waals surface area contributed by atoms with Gasteiger partial charge in [0.15, 0.2) is 0 Å². The fraction of sp³-hybridized carbons (Fsp3) is 0.571. The number of hydrogen-bond donors (Lipinski definition) is 1. The summed E-state index contributed by atoms with van der Waals surface area (Å²) in [5.41, 5.74) is 1.05. The van der Waals surface area contributed by atoms with Crippen molar-refractivity contribution in [1.29, 1.82) is 0 Å². The SMILES string of the molecule is COC1CCCN(Cc2sccc2C#CCO)C1. The number of likely N-dealkylation sites (tertiary alicyclic amines) is 1. The average molecular weight is 265 g/mol. The zero-order valence-corrected chi connectivity index (χ0v) is 11.5. The van der Waals surface area contributed by atoms with Gasteiger partial charge in [-0.15, -0.1) is 11.3 Å². The first kappa shape index (κ1) is 13.6. The number of piperidine rings is 1. The highest BCUT2D eigenvalue weighted by Crippen LogP contribution is 2.21. The van der Waals surface area contributed by atoms with Crippen LogP contribution in [0, 0.1) is 11.8 Å². The number of thiophene rings is 1. The first-order valence-corrected chi connectivity index (χ1v) is 7.12. The summed E-state index contributed by atoms with van der Waals surface area (Å²) in [4.78, 5) is 3.71. The molecule has 1 aliphatic heterocycles. The highest BCUT2D eigenvalue weighted by Gasteiger charge is 2.20. The van der Waals surface area contributed by atoms with Crippen LogP contribution in [0.4, 0.5) is 0 Å². The molecule has 1 N–H and O–H groups in total. The van der Waals surface area contributed by atoms with Gasteiger partial charge in [0.2, 0.25) is 0 Å². The number of methoxy groups -OCH3 is 1. The van der Waals surface area contributed by atoms with Crippen LogP contribution >= 0.6 is 11.3 Å². The van der Waals surface area contributed by atoms with E-state index in [1.807, 2.05) is 6.07 Å². The molecule has 0 aliphatic carbocycles. The maximum absolute atomic E-state index is 8.75. The van der Waals surface area contributed by atoms with Crippen LogP contribution in [-0.4, -0.2) is 42.9 Å². The molecule has 3 nitrogen and oxygen atoms in total. The molecule has 0 bridgehead atoms. The Morgan fingerprint density at radius 2 is 2.50 bits per heavy atom. The fourth-order valence-electron chi connectivity index (χ4n) is 2.26. The molecule has 1 atom stereocenters. The molecule has 0 radical (unpaired) electrons. The molecule has 0 amide bonds. The minimum Gasteiger partial charge on any atom is -0.384 e. The van der Waals surface area contributed by atoms with E-state index in [-0.39, 0.29) is 6.61 Å². The Morgan fingerprint density at radius 3 is 3.28 bits per heavy atom. The molecule has 1 saturated heterocycles. The summed E-state index contributed by atoms with van der Waals surface area (Å²) in [6, 6.07) is 2.03. The van der Waals surface area contributed by atoms with E-state index in [0.29, 0.717) is 6.10 Å². The van der Waals surface area contributed by atoms with Crippen molar-refractivity contribution in [3.63, 3.8) is 0 Å². The average Bonchev–Trinajstić information content (AvgIpc) is 2.84. The van der Waals surface area contributed by atoms with E-state index < -0.39 is 0 Å². The number of hydrogen-bond acceptors (Lipinski definition) is 4. The molecule has 0 spiro atoms. The second-order valence-corrected chi connectivity index (χ2v) is 5.45. The number of aliphatic hydroxyl groups excluding tert-OH is 1. The van der Waals surface area contributed by atoms with Gasteiger partial charge in [0.1, 0.15) is 6.61 Å². The van der Waals surface area contributed by atoms with Gasteiger partial charge < -0.3 is 9.84 Å². The van der Waals surface area contributed by atoms with Gasteiger partial charge in [0.05, 0.1) is 6.10 Å². The third-order valence-electron chi connectivity index (χ3n) is 3.21. The van der Waals surface area contributed by atoms with Gasteiger partial charge >= 0.3 is 0 Å². The number of ether oxygens (including phenoxy) is 1. The zero-order chi connectivity index (χ0) is 12.8. The molecule has 2 heterocycles. The minimum atomic E-state index is -0.0786. The van der Waals surface area contributed by atoms with Crippen molar-refractivity contribution in [3.05, 3.63) is 21.9 Å². The Labute approximate surface area is 112 Å². The lowest BCUT2D eigenvalue weighted by atomic mass is 10.1. The Morgan fingerprint density at radius 1 is 1.61 bits per heavy atom. The second-order valence-electron chi connectivity index (χ2n) is 4.45. The summed E-state index contributed by atoms with van der Waals surface area (Å²) in [7, 11) is 1.79. The number of aliphatic hydroxyl groups is 1. The van der Waals surface area contributed by atoms with Gasteiger partial charge in [0, 0.05) is 30.6 Å². The second kappa shape index (κ2) is 6.91. The molecular formula is C14H19NO2S. The highest BCUT2D eigenvalue weighted by molar-refractivity contribution is 7.10. The van der Waals surface area contributed by atoms with Gasteiger partial charge in [-0.05, 0) is 30.8 Å². The van der Waals surface area contributed by atoms with E-state index in [1.54, 1.807) is 18.4 Å². The third-order valence-corrected chi connectivity index (χ3v) is 4.12. The van der Waals surface area contributed by atoms with E-state index in [9.17, 15) is 0 Å². The summed E-state index contributed by atoms with van der Waals surface area (Å²) >= 11 is 1.74. The van der Waals surface area contributed by atoms with Gasteiger partial charge in [0.25, 0.3) is 0 Å². The lowest BCUT2D eigenvalue weighted by Gasteiger charge is -2.31. The zero-order valence-electron chi connectivity index (χ0n) is 10.7. The Kier molecular flexibility index (Phi) is 5.21. The largest absolute Gasteiger partial charge is 0.384 e. The molecule has 1 aromatic rings. The van der Waals surface area contributed by atoms with Crippen LogP contribution in [0.5, 0.6) is 0 Å². The summed E-state index contributed by atoms with van der Waals surface area (Å²) in [6.45, 7) is 2.99. The molecule has 4 heteroatoms. The monoisotopic (exact) mass is 265 g/mol. The maximum atomic E-state index is 8.75. The van der Waals surface area contributed by atoms with Crippen LogP contribution in [-0.2, 0) is 11.3 Å². The van der Waals surface area contributed by atoms with E-state index in [4.69, 9.17) is 9.84 Å². The van der Waals surface area contributed by atoms with Gasteiger partial charge in [-0.1, -0.05) is 11.8 Å². The normalized spacial score (nSPS) is 20.4. The first-order valence-electron chi connectivity index (χ1n) is 6.24. The summed E-state index contributed by atoms with van der Waals surface area (Å²) < 4.78 is 5.44. The topological polar surface area (TPSA) is 32.7 Å². The van der Waals surface area contributed by atoms with Crippen LogP contribution in [0.3, 0.4) is 0 Å². The summed E-state index contributed by atoms with van der Waals surface area (Å²) in [6.07, 6.45) is 2.72. The molecular weight excluding hydrogens is 246 g/mol. The molecule has 0 aromatic carbocycles. The van der Waals surface area contributed by atoms with Crippen LogP contribution < -0.4 is 0 Å². The molecule has 18 heavy (non-hydrogen) atoms. The fourth-order valence-corrected chi connectivity index (χ4v) is 3.13. The van der Waals surface area contributed by atoms with Crippen molar-refractivity contribution >= 4 is 11.3 Å². The van der Waals surface area contributed by atoms with E-state index in [1.165, 1.54) is 11.3 Å². The van der Waals surface area contributed by atoms with Crippen molar-refractivity contribution in [2.24, 2.45) is 0 Å². The van der Waals surface area contributed by atoms with Gasteiger partial charge in [-0.25, -0.2) is 0 Å². The molecule has 1 fully saturated rings. The van der Waals surface area contributed by atoms with E-state index in [2.05, 4.69) is 22.1 Å². The Bertz CT molecular complexity index is 432. The first-order chi connectivity index (χ1) is 8.83. The molecule has 1 unspecified atom stereocenters. The Balaban J connectivity index is 1.98. The van der Waals surface area contributed by atoms with Crippen molar-refractivity contribution in [2.45, 2.75) is 25.5 Å². The van der Waals surface area contributed by atoms with Crippen LogP contribution in [0.2, 0.25) is 0 Å². The van der Waals surface area contributed by atoms with E-state index >= 15 is 0 Å². The maximum Gasteiger partial charge on any atom is 0.104 e. The standard InChI is InChI=1S/C14H19NO2S/c1-17-13-5-2-7-15(10-13)11-14-12(4-3-8-16)6-9-18-14/h6,9,13,16H,2,5,7-8,10-11H2,1H3. The van der Waals surface area contributed by atoms with Crippen LogP contribution in [0.25, 0.3) is 0 Å². The number of nitrogens with zero attached hydrogens (tertiary/aromatic N) is 1. The lowest BCUT2D eigenvalue weighted by Crippen LogP contribution is -2.38. The minimum absolute atomic E-state index is 0.0786. The summed E-state index contributed by atoms with van der Waals surface area (Å²) in [5, 5.41) is 10.8. The van der Waals surface area contributed by atoms with Crippen molar-refractivity contribution in [2.75, 3.05) is 26.8 Å². The van der Waals surface area contributed by atoms with Crippen LogP contribution in [0.1, 0.15) is 23.3 Å². The smallest absolute Gasteiger partial charge is 0.104 e. The van der Waals surface area contributed by atoms with Crippen molar-refractivity contribution in [1.82, 2.24) is 4.90 Å². The predicted octanol–water partition coefficient (Wildman–Crippen LogP) is 1.70. The van der Waals surface area contributed by atoms with Gasteiger partial charge in [-0.2, -0.15) is 0 Å². The van der Waals surface area contributed by atoms with Crippen molar-refractivity contribution in [3.8, 4) is 11.8 Å². The lowest BCUT2D eigenvalue weighted by molar-refractivity contribution is 0.0289. The molecule has 1 aromatic heterocycles.